The molecule has 6 heteroatoms. The number of benzene rings is 10. The van der Waals surface area contributed by atoms with Crippen molar-refractivity contribution in [2.24, 2.45) is 0 Å². The monoisotopic (exact) mass is 993 g/mol. The topological polar surface area (TPSA) is 33.6 Å². The minimum absolute atomic E-state index is 0.00990. The van der Waals surface area contributed by atoms with Gasteiger partial charge in [0, 0.05) is 27.1 Å². The van der Waals surface area contributed by atoms with Gasteiger partial charge in [0.2, 0.25) is 0 Å². The minimum atomic E-state index is -4.92. The minimum Gasteiger partial charge on any atom is -0.309 e. The lowest BCUT2D eigenvalue weighted by Gasteiger charge is -2.25. The van der Waals surface area contributed by atoms with Crippen LogP contribution in [-0.2, 0) is 6.18 Å². The highest BCUT2D eigenvalue weighted by molar-refractivity contribution is 6.14. The number of nitrogens with zero attached hydrogens (tertiary/aromatic N) is 3. The molecule has 370 valence electrons. The fraction of sp³-hybridized carbons (Fsp3) is 0.129. The molecule has 0 spiro atoms. The van der Waals surface area contributed by atoms with Gasteiger partial charge in [-0.05, 0) is 170 Å². The first-order valence-corrected chi connectivity index (χ1v) is 25.8. The van der Waals surface area contributed by atoms with E-state index in [-0.39, 0.29) is 11.4 Å². The van der Waals surface area contributed by atoms with Gasteiger partial charge in [0.1, 0.15) is 5.56 Å². The number of hydrogen-bond donors (Lipinski definition) is 0. The highest BCUT2D eigenvalue weighted by atomic mass is 19.4. The zero-order valence-corrected chi connectivity index (χ0v) is 43.8. The van der Waals surface area contributed by atoms with Crippen molar-refractivity contribution >= 4 is 43.6 Å². The van der Waals surface area contributed by atoms with Crippen LogP contribution in [-0.4, -0.2) is 9.13 Å². The van der Waals surface area contributed by atoms with Crippen LogP contribution in [0.2, 0.25) is 0 Å². The Bertz CT molecular complexity index is 4220. The van der Waals surface area contributed by atoms with Gasteiger partial charge in [0.15, 0.2) is 0 Å². The van der Waals surface area contributed by atoms with E-state index >= 15 is 13.2 Å². The molecule has 0 bridgehead atoms. The predicted octanol–water partition coefficient (Wildman–Crippen LogP) is 19.6. The Morgan fingerprint density at radius 2 is 0.697 bits per heavy atom. The molecule has 0 saturated heterocycles. The summed E-state index contributed by atoms with van der Waals surface area (Å²) in [6.07, 6.45) is -4.92. The molecule has 10 aromatic carbocycles. The van der Waals surface area contributed by atoms with Crippen LogP contribution in [0.15, 0.2) is 182 Å². The van der Waals surface area contributed by atoms with E-state index in [9.17, 15) is 5.26 Å². The first kappa shape index (κ1) is 48.0. The van der Waals surface area contributed by atoms with Crippen molar-refractivity contribution in [2.45, 2.75) is 61.6 Å². The third-order valence-corrected chi connectivity index (χ3v) is 15.5. The average molecular weight is 994 g/mol. The summed E-state index contributed by atoms with van der Waals surface area (Å²) in [4.78, 5) is 0. The molecule has 0 aliphatic rings. The number of hydrogen-bond acceptors (Lipinski definition) is 1. The molecule has 0 aliphatic heterocycles. The largest absolute Gasteiger partial charge is 0.420 e. The molecule has 2 heterocycles. The third kappa shape index (κ3) is 8.06. The lowest BCUT2D eigenvalue weighted by Crippen LogP contribution is -2.17. The van der Waals surface area contributed by atoms with Crippen molar-refractivity contribution in [3.8, 4) is 73.1 Å². The van der Waals surface area contributed by atoms with E-state index in [1.165, 1.54) is 0 Å². The van der Waals surface area contributed by atoms with Crippen molar-refractivity contribution in [1.29, 1.82) is 5.26 Å². The van der Waals surface area contributed by atoms with Crippen molar-refractivity contribution in [2.75, 3.05) is 0 Å². The Labute approximate surface area is 441 Å². The Hall–Kier alpha value is -8.92. The number of rotatable bonds is 7. The Morgan fingerprint density at radius 1 is 0.355 bits per heavy atom. The number of fused-ring (bicyclic) bond motifs is 6. The molecule has 0 amide bonds. The molecule has 0 unspecified atom stereocenters. The summed E-state index contributed by atoms with van der Waals surface area (Å²) in [5.74, 6) is 0. The number of halogens is 3. The van der Waals surface area contributed by atoms with Gasteiger partial charge in [0.05, 0.1) is 45.1 Å². The molecule has 12 aromatic rings. The maximum absolute atomic E-state index is 17.6. The van der Waals surface area contributed by atoms with Crippen LogP contribution in [0.4, 0.5) is 13.2 Å². The molecule has 0 fully saturated rings. The zero-order valence-electron chi connectivity index (χ0n) is 43.8. The SMILES string of the molecule is Cc1ccc(-c2ccc3c4ccc(-c5ccc(C)cc5C)cc4n(-c4ccc(-c5cccc(C#N)c5)c(-n5c6cc(-c7ccc(C)cc7C)ccc6c6ccc(-c7ccc(C)cc7C)cc65)c4C(F)(F)F)c3c2)c(C)c1. The van der Waals surface area contributed by atoms with Crippen molar-refractivity contribution in [3.05, 3.63) is 238 Å². The van der Waals surface area contributed by atoms with Crippen LogP contribution >= 0.6 is 0 Å². The molecule has 0 radical (unpaired) electrons. The Morgan fingerprint density at radius 3 is 1.04 bits per heavy atom. The molecule has 3 nitrogen and oxygen atoms in total. The highest BCUT2D eigenvalue weighted by Crippen LogP contribution is 2.49. The van der Waals surface area contributed by atoms with Crippen LogP contribution < -0.4 is 0 Å². The first-order valence-electron chi connectivity index (χ1n) is 25.8. The predicted molar refractivity (Wildman–Crippen MR) is 310 cm³/mol. The molecule has 0 saturated carbocycles. The quantitative estimate of drug-likeness (QED) is 0.157. The van der Waals surface area contributed by atoms with Crippen LogP contribution in [0, 0.1) is 66.7 Å². The normalized spacial score (nSPS) is 11.9. The second kappa shape index (κ2) is 18.2. The molecular formula is C70H54F3N3. The second-order valence-electron chi connectivity index (χ2n) is 20.9. The van der Waals surface area contributed by atoms with Gasteiger partial charge in [-0.25, -0.2) is 0 Å². The Balaban J connectivity index is 1.27. The van der Waals surface area contributed by atoms with Gasteiger partial charge in [-0.3, -0.25) is 0 Å². The van der Waals surface area contributed by atoms with E-state index in [2.05, 4.69) is 207 Å². The van der Waals surface area contributed by atoms with Gasteiger partial charge in [-0.2, -0.15) is 18.4 Å². The highest BCUT2D eigenvalue weighted by Gasteiger charge is 2.41. The van der Waals surface area contributed by atoms with Gasteiger partial charge in [0.25, 0.3) is 0 Å². The summed E-state index contributed by atoms with van der Waals surface area (Å²) in [6, 6.07) is 62.7. The van der Waals surface area contributed by atoms with E-state index in [1.54, 1.807) is 24.3 Å². The summed E-state index contributed by atoms with van der Waals surface area (Å²) < 4.78 is 56.5. The van der Waals surface area contributed by atoms with Crippen LogP contribution in [0.1, 0.15) is 55.6 Å². The summed E-state index contributed by atoms with van der Waals surface area (Å²) in [7, 11) is 0. The van der Waals surface area contributed by atoms with Gasteiger partial charge < -0.3 is 9.13 Å². The molecule has 0 aliphatic carbocycles. The van der Waals surface area contributed by atoms with E-state index in [4.69, 9.17) is 0 Å². The lowest BCUT2D eigenvalue weighted by atomic mass is 9.95. The molecule has 76 heavy (non-hydrogen) atoms. The standard InChI is InChI=1S/C70H54F3N3/c1-40-12-20-54(44(5)30-40)50-16-24-59-60-25-17-51(55-21-13-41(2)31-45(55)6)36-65(60)75(64(59)35-50)63-29-28-58(49-11-9-10-48(34-49)39-74)69(68(63)70(71,72)73)76-66-37-52(56-22-14-42(3)32-46(56)7)18-26-61(66)62-27-19-53(38-67(62)76)57-23-15-43(4)33-47(57)8/h9-38H,1-8H3. The molecule has 2 aromatic heterocycles. The zero-order chi connectivity index (χ0) is 52.9. The van der Waals surface area contributed by atoms with Gasteiger partial charge in [-0.15, -0.1) is 0 Å². The van der Waals surface area contributed by atoms with Crippen LogP contribution in [0.5, 0.6) is 0 Å². The summed E-state index contributed by atoms with van der Waals surface area (Å²) >= 11 is 0. The fourth-order valence-electron chi connectivity index (χ4n) is 12.0. The van der Waals surface area contributed by atoms with E-state index in [1.807, 2.05) is 21.3 Å². The molecule has 0 atom stereocenters. The van der Waals surface area contributed by atoms with Crippen molar-refractivity contribution < 1.29 is 13.2 Å². The second-order valence-corrected chi connectivity index (χ2v) is 20.9. The lowest BCUT2D eigenvalue weighted by molar-refractivity contribution is -0.137. The summed E-state index contributed by atoms with van der Waals surface area (Å²) in [6.45, 7) is 16.6. The number of aryl methyl sites for hydroxylation is 8. The maximum atomic E-state index is 17.6. The van der Waals surface area contributed by atoms with Crippen LogP contribution in [0.25, 0.3) is 111 Å². The number of alkyl halides is 3. The van der Waals surface area contributed by atoms with Gasteiger partial charge >= 0.3 is 6.18 Å². The van der Waals surface area contributed by atoms with Crippen LogP contribution in [0.3, 0.4) is 0 Å². The molecule has 0 N–H and O–H groups in total. The third-order valence-electron chi connectivity index (χ3n) is 15.5. The van der Waals surface area contributed by atoms with E-state index < -0.39 is 11.7 Å². The first-order chi connectivity index (χ1) is 36.5. The summed E-state index contributed by atoms with van der Waals surface area (Å²) in [5, 5.41) is 13.6. The molecular weight excluding hydrogens is 940 g/mol. The number of nitriles is 1. The summed E-state index contributed by atoms with van der Waals surface area (Å²) in [5.41, 5.74) is 19.3. The van der Waals surface area contributed by atoms with E-state index in [0.717, 1.165) is 111 Å². The smallest absolute Gasteiger partial charge is 0.309 e. The number of aromatic nitrogens is 2. The Kier molecular flexibility index (Phi) is 11.5. The van der Waals surface area contributed by atoms with Crippen molar-refractivity contribution in [3.63, 3.8) is 0 Å². The van der Waals surface area contributed by atoms with Crippen molar-refractivity contribution in [1.82, 2.24) is 9.13 Å². The fourth-order valence-corrected chi connectivity index (χ4v) is 12.0. The maximum Gasteiger partial charge on any atom is 0.420 e. The molecule has 12 rings (SSSR count). The average Bonchev–Trinajstić information content (AvgIpc) is 4.12. The van der Waals surface area contributed by atoms with Gasteiger partial charge in [-0.1, -0.05) is 162 Å². The van der Waals surface area contributed by atoms with E-state index in [0.29, 0.717) is 38.8 Å².